The molecule has 1 aromatic carbocycles. The fourth-order valence-corrected chi connectivity index (χ4v) is 4.41. The number of nitrogens with zero attached hydrogens (tertiary/aromatic N) is 5. The Bertz CT molecular complexity index is 1160. The van der Waals surface area contributed by atoms with E-state index in [1.165, 1.54) is 0 Å². The Morgan fingerprint density at radius 2 is 1.92 bits per heavy atom. The van der Waals surface area contributed by atoms with Crippen molar-refractivity contribution < 1.29 is 19.4 Å². The van der Waals surface area contributed by atoms with Crippen molar-refractivity contribution in [3.05, 3.63) is 71.8 Å². The number of likely N-dealkylation sites (tertiary alicyclic amines) is 1. The van der Waals surface area contributed by atoms with Crippen LogP contribution in [0.25, 0.3) is 0 Å². The number of hydrogen-bond donors (Lipinski definition) is 2. The van der Waals surface area contributed by atoms with Crippen LogP contribution in [0, 0.1) is 5.92 Å². The van der Waals surface area contributed by atoms with Crippen LogP contribution in [0.4, 0.5) is 4.79 Å². The monoisotopic (exact) mass is 492 g/mol. The number of pyridine rings is 1. The first-order valence-electron chi connectivity index (χ1n) is 12.2. The number of hydrogen-bond acceptors (Lipinski definition) is 7. The molecule has 1 amide bonds. The number of rotatable bonds is 9. The van der Waals surface area contributed by atoms with Crippen molar-refractivity contribution in [1.82, 2.24) is 30.2 Å². The zero-order chi connectivity index (χ0) is 25.5. The molecule has 1 fully saturated rings. The number of carboxylic acids is 1. The number of carbonyl (C=O) groups is 2. The van der Waals surface area contributed by atoms with Gasteiger partial charge in [-0.3, -0.25) is 9.88 Å². The zero-order valence-corrected chi connectivity index (χ0v) is 20.6. The Morgan fingerprint density at radius 3 is 2.61 bits per heavy atom. The van der Waals surface area contributed by atoms with Gasteiger partial charge >= 0.3 is 12.1 Å². The van der Waals surface area contributed by atoms with E-state index in [0.29, 0.717) is 18.2 Å². The van der Waals surface area contributed by atoms with Gasteiger partial charge in [-0.05, 0) is 67.6 Å². The maximum absolute atomic E-state index is 12.2. The topological polar surface area (TPSA) is 122 Å². The molecule has 10 nitrogen and oxygen atoms in total. The first-order valence-corrected chi connectivity index (χ1v) is 12.2. The zero-order valence-electron chi connectivity index (χ0n) is 20.6. The molecule has 1 unspecified atom stereocenters. The van der Waals surface area contributed by atoms with Gasteiger partial charge in [0.05, 0.1) is 24.1 Å². The highest BCUT2D eigenvalue weighted by atomic mass is 16.6. The van der Waals surface area contributed by atoms with E-state index in [1.54, 1.807) is 26.1 Å². The van der Waals surface area contributed by atoms with Gasteiger partial charge in [-0.25, -0.2) is 14.3 Å². The lowest BCUT2D eigenvalue weighted by Gasteiger charge is -2.31. The molecular weight excluding hydrogens is 460 g/mol. The number of carboxylic acid groups (broad SMARTS) is 1. The molecule has 4 rings (SSSR count). The third kappa shape index (κ3) is 6.88. The van der Waals surface area contributed by atoms with Gasteiger partial charge in [0.15, 0.2) is 0 Å². The van der Waals surface area contributed by atoms with E-state index in [1.807, 2.05) is 47.3 Å². The van der Waals surface area contributed by atoms with E-state index in [0.717, 1.165) is 49.4 Å². The van der Waals surface area contributed by atoms with Gasteiger partial charge in [-0.15, -0.1) is 5.10 Å². The minimum absolute atomic E-state index is 0.253. The summed E-state index contributed by atoms with van der Waals surface area (Å²) in [5.74, 6) is -0.574. The second-order valence-corrected chi connectivity index (χ2v) is 9.45. The van der Waals surface area contributed by atoms with E-state index in [-0.39, 0.29) is 5.92 Å². The molecule has 190 valence electrons. The maximum Gasteiger partial charge on any atom is 0.413 e. The summed E-state index contributed by atoms with van der Waals surface area (Å²) in [6.07, 6.45) is 4.94. The largest absolute Gasteiger partial charge is 0.480 e. The predicted octanol–water partition coefficient (Wildman–Crippen LogP) is 3.30. The Morgan fingerprint density at radius 1 is 1.11 bits per heavy atom. The first kappa shape index (κ1) is 25.3. The molecule has 2 aromatic heterocycles. The molecule has 1 saturated heterocycles. The molecule has 0 aliphatic carbocycles. The molecule has 0 bridgehead atoms. The number of amides is 1. The summed E-state index contributed by atoms with van der Waals surface area (Å²) in [7, 11) is 0. The predicted molar refractivity (Wildman–Crippen MR) is 132 cm³/mol. The Balaban J connectivity index is 1.27. The molecule has 0 saturated carbocycles. The summed E-state index contributed by atoms with van der Waals surface area (Å²) in [5.41, 5.74) is 2.99. The SMILES string of the molecule is CC(C)C(NC(=O)Oc1cccc(C2CCN(Cc3cn(Cc4ccccn4)nn3)CC2)c1)C(=O)O. The number of ether oxygens (including phenoxy) is 1. The molecule has 2 N–H and O–H groups in total. The van der Waals surface area contributed by atoms with Crippen LogP contribution in [-0.4, -0.2) is 61.2 Å². The fourth-order valence-electron chi connectivity index (χ4n) is 4.41. The number of aliphatic carboxylic acids is 1. The van der Waals surface area contributed by atoms with Gasteiger partial charge < -0.3 is 15.2 Å². The van der Waals surface area contributed by atoms with E-state index >= 15 is 0 Å². The van der Waals surface area contributed by atoms with Gasteiger partial charge in [0, 0.05) is 12.7 Å². The lowest BCUT2D eigenvalue weighted by Crippen LogP contribution is -2.45. The first-order chi connectivity index (χ1) is 17.4. The molecule has 36 heavy (non-hydrogen) atoms. The van der Waals surface area contributed by atoms with E-state index < -0.39 is 18.1 Å². The van der Waals surface area contributed by atoms with Crippen molar-refractivity contribution in [1.29, 1.82) is 0 Å². The highest BCUT2D eigenvalue weighted by Crippen LogP contribution is 2.30. The molecule has 1 aliphatic rings. The van der Waals surface area contributed by atoms with Crippen molar-refractivity contribution in [3.8, 4) is 5.75 Å². The third-order valence-corrected chi connectivity index (χ3v) is 6.36. The van der Waals surface area contributed by atoms with Gasteiger partial charge in [0.2, 0.25) is 0 Å². The summed E-state index contributed by atoms with van der Waals surface area (Å²) >= 11 is 0. The van der Waals surface area contributed by atoms with Crippen molar-refractivity contribution in [2.75, 3.05) is 13.1 Å². The Kier molecular flexibility index (Phi) is 8.27. The molecule has 0 radical (unpaired) electrons. The lowest BCUT2D eigenvalue weighted by molar-refractivity contribution is -0.140. The summed E-state index contributed by atoms with van der Waals surface area (Å²) in [4.78, 5) is 30.2. The van der Waals surface area contributed by atoms with Crippen molar-refractivity contribution in [2.24, 2.45) is 5.92 Å². The second-order valence-electron chi connectivity index (χ2n) is 9.45. The van der Waals surface area contributed by atoms with E-state index in [9.17, 15) is 14.7 Å². The summed E-state index contributed by atoms with van der Waals surface area (Å²) < 4.78 is 7.19. The summed E-state index contributed by atoms with van der Waals surface area (Å²) in [6, 6.07) is 12.3. The van der Waals surface area contributed by atoms with E-state index in [4.69, 9.17) is 4.74 Å². The molecular formula is C26H32N6O4. The van der Waals surface area contributed by atoms with Crippen LogP contribution in [0.5, 0.6) is 5.75 Å². The normalized spacial score (nSPS) is 15.5. The minimum Gasteiger partial charge on any atom is -0.480 e. The number of carbonyl (C=O) groups excluding carboxylic acids is 1. The standard InChI is InChI=1S/C26H32N6O4/c1-18(2)24(25(33)34)28-26(35)36-23-8-5-6-20(14-23)19-9-12-31(13-10-19)15-22-17-32(30-29-22)16-21-7-3-4-11-27-21/h3-8,11,14,17-19,24H,9-10,12-13,15-16H2,1-2H3,(H,28,35)(H,33,34). The van der Waals surface area contributed by atoms with Gasteiger partial charge in [0.1, 0.15) is 11.8 Å². The quantitative estimate of drug-likeness (QED) is 0.467. The van der Waals surface area contributed by atoms with Gasteiger partial charge in [-0.1, -0.05) is 37.3 Å². The van der Waals surface area contributed by atoms with E-state index in [2.05, 4.69) is 25.5 Å². The average Bonchev–Trinajstić information content (AvgIpc) is 3.30. The van der Waals surface area contributed by atoms with Crippen molar-refractivity contribution in [2.45, 2.75) is 51.7 Å². The number of benzene rings is 1. The molecule has 1 atom stereocenters. The summed E-state index contributed by atoms with van der Waals surface area (Å²) in [5, 5.41) is 20.2. The second kappa shape index (κ2) is 11.8. The van der Waals surface area contributed by atoms with Crippen LogP contribution >= 0.6 is 0 Å². The molecule has 3 heterocycles. The van der Waals surface area contributed by atoms with Crippen molar-refractivity contribution >= 4 is 12.1 Å². The molecule has 10 heteroatoms. The fraction of sp³-hybridized carbons (Fsp3) is 0.423. The Hall–Kier alpha value is -3.79. The number of piperidine rings is 1. The molecule has 3 aromatic rings. The van der Waals surface area contributed by atoms with Crippen LogP contribution in [0.2, 0.25) is 0 Å². The minimum atomic E-state index is -1.08. The van der Waals surface area contributed by atoms with Crippen LogP contribution in [-0.2, 0) is 17.9 Å². The van der Waals surface area contributed by atoms with Gasteiger partial charge in [0.25, 0.3) is 0 Å². The molecule has 0 spiro atoms. The van der Waals surface area contributed by atoms with Crippen LogP contribution < -0.4 is 10.1 Å². The summed E-state index contributed by atoms with van der Waals surface area (Å²) in [6.45, 7) is 6.67. The number of aromatic nitrogens is 4. The number of nitrogens with one attached hydrogen (secondary N) is 1. The smallest absolute Gasteiger partial charge is 0.413 e. The average molecular weight is 493 g/mol. The van der Waals surface area contributed by atoms with Crippen LogP contribution in [0.1, 0.15) is 49.6 Å². The van der Waals surface area contributed by atoms with Crippen LogP contribution in [0.15, 0.2) is 54.9 Å². The third-order valence-electron chi connectivity index (χ3n) is 6.36. The molecule has 1 aliphatic heterocycles. The van der Waals surface area contributed by atoms with Crippen LogP contribution in [0.3, 0.4) is 0 Å². The van der Waals surface area contributed by atoms with Gasteiger partial charge in [-0.2, -0.15) is 0 Å². The highest BCUT2D eigenvalue weighted by Gasteiger charge is 2.25. The van der Waals surface area contributed by atoms with Crippen molar-refractivity contribution in [3.63, 3.8) is 0 Å². The maximum atomic E-state index is 12.2. The Labute approximate surface area is 210 Å². The lowest BCUT2D eigenvalue weighted by atomic mass is 9.89. The highest BCUT2D eigenvalue weighted by molar-refractivity contribution is 5.81.